The summed E-state index contributed by atoms with van der Waals surface area (Å²) >= 11 is 6.06. The van der Waals surface area contributed by atoms with Gasteiger partial charge in [0.05, 0.1) is 22.8 Å². The van der Waals surface area contributed by atoms with Crippen molar-refractivity contribution in [1.29, 1.82) is 0 Å². The van der Waals surface area contributed by atoms with Gasteiger partial charge in [0.25, 0.3) is 5.56 Å². The van der Waals surface area contributed by atoms with Crippen molar-refractivity contribution in [2.45, 2.75) is 19.6 Å². The van der Waals surface area contributed by atoms with Gasteiger partial charge in [-0.05, 0) is 54.9 Å². The van der Waals surface area contributed by atoms with Crippen LogP contribution in [0.5, 0.6) is 0 Å². The number of anilines is 1. The zero-order chi connectivity index (χ0) is 25.2. The Labute approximate surface area is 214 Å². The van der Waals surface area contributed by atoms with Crippen molar-refractivity contribution in [3.05, 3.63) is 80.7 Å². The fourth-order valence-corrected chi connectivity index (χ4v) is 4.94. The molecule has 8 nitrogen and oxygen atoms in total. The van der Waals surface area contributed by atoms with Gasteiger partial charge in [-0.15, -0.1) is 0 Å². The van der Waals surface area contributed by atoms with E-state index in [4.69, 9.17) is 16.6 Å². The highest BCUT2D eigenvalue weighted by molar-refractivity contribution is 6.30. The SMILES string of the molecule is Cc1cc(CN2CCN(C)CC2)cc2[nH]c(-c3c(NCC(O)c4cccc(Cl)c4)cc[nH]c3=O)nc12. The van der Waals surface area contributed by atoms with Crippen LogP contribution >= 0.6 is 11.6 Å². The first-order valence-electron chi connectivity index (χ1n) is 12.2. The van der Waals surface area contributed by atoms with Gasteiger partial charge in [0, 0.05) is 50.5 Å². The Bertz CT molecular complexity index is 1420. The predicted octanol–water partition coefficient (Wildman–Crippen LogP) is 3.77. The molecule has 4 aromatic rings. The molecule has 188 valence electrons. The van der Waals surface area contributed by atoms with Crippen molar-refractivity contribution >= 4 is 28.3 Å². The third kappa shape index (κ3) is 5.32. The highest BCUT2D eigenvalue weighted by atomic mass is 35.5. The van der Waals surface area contributed by atoms with Gasteiger partial charge in [-0.25, -0.2) is 4.98 Å². The molecule has 9 heteroatoms. The van der Waals surface area contributed by atoms with Gasteiger partial charge in [-0.1, -0.05) is 29.8 Å². The Morgan fingerprint density at radius 2 is 1.97 bits per heavy atom. The standard InChI is InChI=1S/C27H31ClN6O2/c1-17-12-18(16-34-10-8-33(2)9-11-34)13-22-25(17)32-26(31-22)24-21(6-7-29-27(24)36)30-15-23(35)19-4-3-5-20(28)14-19/h3-7,12-14,23,35H,8-11,15-16H2,1-2H3,(H,31,32)(H2,29,30,36). The van der Waals surface area contributed by atoms with Crippen molar-refractivity contribution in [3.8, 4) is 11.4 Å². The maximum absolute atomic E-state index is 12.9. The fraction of sp³-hybridized carbons (Fsp3) is 0.333. The highest BCUT2D eigenvalue weighted by Gasteiger charge is 2.18. The lowest BCUT2D eigenvalue weighted by molar-refractivity contribution is 0.148. The van der Waals surface area contributed by atoms with Gasteiger partial charge < -0.3 is 25.3 Å². The zero-order valence-corrected chi connectivity index (χ0v) is 21.3. The summed E-state index contributed by atoms with van der Waals surface area (Å²) in [5.74, 6) is 0.492. The second-order valence-electron chi connectivity index (χ2n) is 9.52. The third-order valence-corrected chi connectivity index (χ3v) is 6.99. The Morgan fingerprint density at radius 3 is 2.75 bits per heavy atom. The Balaban J connectivity index is 1.40. The molecule has 2 aromatic heterocycles. The molecule has 4 N–H and O–H groups in total. The second kappa shape index (κ2) is 10.4. The summed E-state index contributed by atoms with van der Waals surface area (Å²) in [5.41, 5.74) is 5.49. The summed E-state index contributed by atoms with van der Waals surface area (Å²) in [6.07, 6.45) is 0.799. The summed E-state index contributed by atoms with van der Waals surface area (Å²) in [5, 5.41) is 14.4. The number of piperazine rings is 1. The number of hydrogen-bond acceptors (Lipinski definition) is 6. The first-order valence-corrected chi connectivity index (χ1v) is 12.5. The maximum atomic E-state index is 12.9. The predicted molar refractivity (Wildman–Crippen MR) is 145 cm³/mol. The van der Waals surface area contributed by atoms with Gasteiger partial charge in [0.15, 0.2) is 0 Å². The molecular formula is C27H31ClN6O2. The molecule has 0 saturated carbocycles. The Kier molecular flexibility index (Phi) is 7.11. The van der Waals surface area contributed by atoms with Crippen LogP contribution in [-0.2, 0) is 6.54 Å². The molecule has 0 aliphatic carbocycles. The average Bonchev–Trinajstić information content (AvgIpc) is 3.28. The highest BCUT2D eigenvalue weighted by Crippen LogP contribution is 2.28. The Morgan fingerprint density at radius 1 is 1.17 bits per heavy atom. The van der Waals surface area contributed by atoms with Crippen molar-refractivity contribution in [2.75, 3.05) is 45.1 Å². The number of nitrogens with zero attached hydrogens (tertiary/aromatic N) is 3. The summed E-state index contributed by atoms with van der Waals surface area (Å²) in [6, 6.07) is 13.2. The topological polar surface area (TPSA) is 100 Å². The average molecular weight is 507 g/mol. The van der Waals surface area contributed by atoms with Crippen LogP contribution in [0.1, 0.15) is 22.8 Å². The molecule has 2 aromatic carbocycles. The van der Waals surface area contributed by atoms with E-state index in [1.165, 1.54) is 5.56 Å². The van der Waals surface area contributed by atoms with Crippen LogP contribution in [0.3, 0.4) is 0 Å². The maximum Gasteiger partial charge on any atom is 0.261 e. The molecule has 36 heavy (non-hydrogen) atoms. The quantitative estimate of drug-likeness (QED) is 0.304. The van der Waals surface area contributed by atoms with Crippen LogP contribution in [0.15, 0.2) is 53.5 Å². The molecule has 1 unspecified atom stereocenters. The molecule has 1 fully saturated rings. The second-order valence-corrected chi connectivity index (χ2v) is 9.96. The monoisotopic (exact) mass is 506 g/mol. The number of aromatic nitrogens is 3. The van der Waals surface area contributed by atoms with E-state index >= 15 is 0 Å². The number of aliphatic hydroxyl groups is 1. The van der Waals surface area contributed by atoms with Crippen LogP contribution in [0.4, 0.5) is 5.69 Å². The number of benzene rings is 2. The molecule has 0 radical (unpaired) electrons. The molecule has 5 rings (SSSR count). The third-order valence-electron chi connectivity index (χ3n) is 6.76. The van der Waals surface area contributed by atoms with Crippen molar-refractivity contribution in [2.24, 2.45) is 0 Å². The number of H-pyrrole nitrogens is 2. The zero-order valence-electron chi connectivity index (χ0n) is 20.5. The number of aromatic amines is 2. The van der Waals surface area contributed by atoms with Crippen LogP contribution in [0.2, 0.25) is 5.02 Å². The lowest BCUT2D eigenvalue weighted by atomic mass is 10.1. The summed E-state index contributed by atoms with van der Waals surface area (Å²) in [4.78, 5) is 28.6. The van der Waals surface area contributed by atoms with E-state index in [-0.39, 0.29) is 12.1 Å². The number of likely N-dealkylation sites (N-methyl/N-ethyl adjacent to an activating group) is 1. The van der Waals surface area contributed by atoms with E-state index in [2.05, 4.69) is 51.2 Å². The number of imidazole rings is 1. The number of rotatable bonds is 7. The van der Waals surface area contributed by atoms with Gasteiger partial charge in [-0.2, -0.15) is 0 Å². The van der Waals surface area contributed by atoms with Gasteiger partial charge in [-0.3, -0.25) is 9.69 Å². The lowest BCUT2D eigenvalue weighted by Gasteiger charge is -2.32. The molecule has 1 atom stereocenters. The molecular weight excluding hydrogens is 476 g/mol. The number of nitrogens with one attached hydrogen (secondary N) is 3. The molecule has 1 aliphatic heterocycles. The summed E-state index contributed by atoms with van der Waals surface area (Å²) in [6.45, 7) is 7.41. The van der Waals surface area contributed by atoms with Crippen molar-refractivity contribution in [3.63, 3.8) is 0 Å². The number of fused-ring (bicyclic) bond motifs is 1. The minimum atomic E-state index is -0.786. The first kappa shape index (κ1) is 24.5. The lowest BCUT2D eigenvalue weighted by Crippen LogP contribution is -2.43. The number of pyridine rings is 1. The number of aliphatic hydroxyl groups excluding tert-OH is 1. The van der Waals surface area contributed by atoms with Crippen LogP contribution < -0.4 is 10.9 Å². The van der Waals surface area contributed by atoms with Gasteiger partial charge >= 0.3 is 0 Å². The number of aryl methyl sites for hydroxylation is 1. The van der Waals surface area contributed by atoms with Crippen LogP contribution in [0, 0.1) is 6.92 Å². The molecule has 3 heterocycles. The van der Waals surface area contributed by atoms with Crippen molar-refractivity contribution in [1.82, 2.24) is 24.8 Å². The van der Waals surface area contributed by atoms with Crippen LogP contribution in [-0.4, -0.2) is 69.6 Å². The van der Waals surface area contributed by atoms with E-state index in [0.717, 1.165) is 49.3 Å². The van der Waals surface area contributed by atoms with E-state index in [0.29, 0.717) is 27.7 Å². The van der Waals surface area contributed by atoms with Crippen molar-refractivity contribution < 1.29 is 5.11 Å². The molecule has 0 spiro atoms. The summed E-state index contributed by atoms with van der Waals surface area (Å²) in [7, 11) is 2.16. The molecule has 0 amide bonds. The molecule has 1 saturated heterocycles. The molecule has 1 aliphatic rings. The van der Waals surface area contributed by atoms with Gasteiger partial charge in [0.2, 0.25) is 0 Å². The summed E-state index contributed by atoms with van der Waals surface area (Å²) < 4.78 is 0. The van der Waals surface area contributed by atoms with E-state index < -0.39 is 6.10 Å². The number of halogens is 1. The fourth-order valence-electron chi connectivity index (χ4n) is 4.74. The smallest absolute Gasteiger partial charge is 0.261 e. The van der Waals surface area contributed by atoms with Crippen LogP contribution in [0.25, 0.3) is 22.4 Å². The van der Waals surface area contributed by atoms with E-state index in [1.54, 1.807) is 30.5 Å². The largest absolute Gasteiger partial charge is 0.387 e. The van der Waals surface area contributed by atoms with E-state index in [9.17, 15) is 9.90 Å². The minimum Gasteiger partial charge on any atom is -0.387 e. The first-order chi connectivity index (χ1) is 17.4. The number of hydrogen-bond donors (Lipinski definition) is 4. The normalized spacial score (nSPS) is 15.9. The molecule has 0 bridgehead atoms. The van der Waals surface area contributed by atoms with Gasteiger partial charge in [0.1, 0.15) is 11.4 Å². The Hall–Kier alpha value is -3.17. The van der Waals surface area contributed by atoms with E-state index in [1.807, 2.05) is 6.07 Å². The minimum absolute atomic E-state index is 0.214.